The van der Waals surface area contributed by atoms with E-state index in [4.69, 9.17) is 9.47 Å². The van der Waals surface area contributed by atoms with Crippen LogP contribution in [0.4, 0.5) is 5.82 Å². The van der Waals surface area contributed by atoms with Crippen molar-refractivity contribution in [2.45, 2.75) is 26.5 Å². The smallest absolute Gasteiger partial charge is 0.255 e. The molecule has 0 saturated carbocycles. The Morgan fingerprint density at radius 1 is 1.23 bits per heavy atom. The van der Waals surface area contributed by atoms with E-state index in [1.807, 2.05) is 44.2 Å². The van der Waals surface area contributed by atoms with Crippen LogP contribution in [0.1, 0.15) is 29.8 Å². The van der Waals surface area contributed by atoms with Crippen molar-refractivity contribution in [3.05, 3.63) is 53.7 Å². The molecule has 1 amide bonds. The number of pyridine rings is 1. The van der Waals surface area contributed by atoms with Gasteiger partial charge >= 0.3 is 0 Å². The van der Waals surface area contributed by atoms with E-state index in [-0.39, 0.29) is 12.0 Å². The minimum atomic E-state index is -0.123. The topological polar surface area (TPSA) is 63.7 Å². The van der Waals surface area contributed by atoms with Crippen molar-refractivity contribution >= 4 is 11.7 Å². The Hall–Kier alpha value is -2.60. The summed E-state index contributed by atoms with van der Waals surface area (Å²) in [5, 5.41) is 2.98. The number of carbonyl (C=O) groups excluding carboxylic acids is 1. The second-order valence-corrected chi connectivity index (χ2v) is 6.47. The van der Waals surface area contributed by atoms with Crippen LogP contribution in [0.15, 0.2) is 42.6 Å². The average Bonchev–Trinajstić information content (AvgIpc) is 2.67. The van der Waals surface area contributed by atoms with Crippen molar-refractivity contribution in [2.24, 2.45) is 0 Å². The first-order valence-corrected chi connectivity index (χ1v) is 8.95. The zero-order valence-corrected chi connectivity index (χ0v) is 15.3. The van der Waals surface area contributed by atoms with Gasteiger partial charge < -0.3 is 19.7 Å². The van der Waals surface area contributed by atoms with Gasteiger partial charge in [-0.15, -0.1) is 0 Å². The lowest BCUT2D eigenvalue weighted by atomic mass is 10.2. The number of ether oxygens (including phenoxy) is 2. The first-order chi connectivity index (χ1) is 12.6. The first kappa shape index (κ1) is 18.2. The van der Waals surface area contributed by atoms with Crippen LogP contribution in [0.25, 0.3) is 0 Å². The Balaban J connectivity index is 1.63. The fraction of sp³-hybridized carbons (Fsp3) is 0.400. The molecule has 1 saturated heterocycles. The van der Waals surface area contributed by atoms with E-state index >= 15 is 0 Å². The van der Waals surface area contributed by atoms with Crippen molar-refractivity contribution in [1.29, 1.82) is 0 Å². The van der Waals surface area contributed by atoms with E-state index < -0.39 is 0 Å². The molecule has 138 valence electrons. The molecule has 6 heteroatoms. The Morgan fingerprint density at radius 3 is 2.65 bits per heavy atom. The molecule has 0 bridgehead atoms. The molecule has 6 nitrogen and oxygen atoms in total. The largest absolute Gasteiger partial charge is 0.491 e. The average molecular weight is 355 g/mol. The van der Waals surface area contributed by atoms with E-state index in [1.54, 1.807) is 12.3 Å². The van der Waals surface area contributed by atoms with Crippen molar-refractivity contribution < 1.29 is 14.3 Å². The lowest BCUT2D eigenvalue weighted by molar-refractivity contribution is 0.0949. The number of amides is 1. The van der Waals surface area contributed by atoms with Crippen LogP contribution in [0.3, 0.4) is 0 Å². The van der Waals surface area contributed by atoms with Crippen LogP contribution in [0, 0.1) is 0 Å². The maximum atomic E-state index is 12.7. The van der Waals surface area contributed by atoms with Gasteiger partial charge in [-0.2, -0.15) is 0 Å². The molecule has 2 heterocycles. The third-order valence-electron chi connectivity index (χ3n) is 4.09. The molecule has 3 rings (SSSR count). The van der Waals surface area contributed by atoms with Gasteiger partial charge in [-0.05, 0) is 43.7 Å². The van der Waals surface area contributed by atoms with Gasteiger partial charge in [-0.25, -0.2) is 4.98 Å². The summed E-state index contributed by atoms with van der Waals surface area (Å²) in [5.74, 6) is 1.42. The molecule has 1 fully saturated rings. The molecule has 1 aliphatic rings. The molecule has 0 aliphatic carbocycles. The van der Waals surface area contributed by atoms with Gasteiger partial charge in [0.05, 0.1) is 24.9 Å². The van der Waals surface area contributed by atoms with E-state index in [0.717, 1.165) is 24.4 Å². The van der Waals surface area contributed by atoms with Gasteiger partial charge in [0.25, 0.3) is 5.91 Å². The van der Waals surface area contributed by atoms with Crippen LogP contribution >= 0.6 is 0 Å². The molecule has 2 aromatic rings. The standard InChI is InChI=1S/C20H25N3O3/c1-15(2)26-17-7-5-16(6-8-17)14-22-20(24)18-4-3-9-21-19(18)23-10-12-25-13-11-23/h3-9,15H,10-14H2,1-2H3,(H,22,24). The summed E-state index contributed by atoms with van der Waals surface area (Å²) in [7, 11) is 0. The normalized spacial score (nSPS) is 14.3. The molecular formula is C20H25N3O3. The number of nitrogens with one attached hydrogen (secondary N) is 1. The summed E-state index contributed by atoms with van der Waals surface area (Å²) in [6.45, 7) is 7.24. The Labute approximate surface area is 154 Å². The van der Waals surface area contributed by atoms with Crippen LogP contribution in [-0.2, 0) is 11.3 Å². The minimum absolute atomic E-state index is 0.123. The zero-order chi connectivity index (χ0) is 18.4. The number of hydrogen-bond acceptors (Lipinski definition) is 5. The van der Waals surface area contributed by atoms with Gasteiger partial charge in [0.1, 0.15) is 11.6 Å². The number of rotatable bonds is 6. The quantitative estimate of drug-likeness (QED) is 0.863. The van der Waals surface area contributed by atoms with Crippen LogP contribution < -0.4 is 15.0 Å². The van der Waals surface area contributed by atoms with E-state index in [9.17, 15) is 4.79 Å². The summed E-state index contributed by atoms with van der Waals surface area (Å²) >= 11 is 0. The molecule has 1 aliphatic heterocycles. The van der Waals surface area contributed by atoms with E-state index in [0.29, 0.717) is 31.1 Å². The molecule has 26 heavy (non-hydrogen) atoms. The summed E-state index contributed by atoms with van der Waals surface area (Å²) in [6, 6.07) is 11.4. The van der Waals surface area contributed by atoms with Crippen molar-refractivity contribution in [3.63, 3.8) is 0 Å². The molecule has 0 radical (unpaired) electrons. The van der Waals surface area contributed by atoms with E-state index in [2.05, 4.69) is 15.2 Å². The van der Waals surface area contributed by atoms with Crippen molar-refractivity contribution in [1.82, 2.24) is 10.3 Å². The number of morpholine rings is 1. The van der Waals surface area contributed by atoms with Crippen LogP contribution in [0.2, 0.25) is 0 Å². The number of carbonyl (C=O) groups is 1. The summed E-state index contributed by atoms with van der Waals surface area (Å²) < 4.78 is 11.0. The van der Waals surface area contributed by atoms with Crippen molar-refractivity contribution in [2.75, 3.05) is 31.2 Å². The lowest BCUT2D eigenvalue weighted by Gasteiger charge is -2.29. The third kappa shape index (κ3) is 4.73. The van der Waals surface area contributed by atoms with E-state index in [1.165, 1.54) is 0 Å². The maximum Gasteiger partial charge on any atom is 0.255 e. The Bertz CT molecular complexity index is 725. The second kappa shape index (κ2) is 8.67. The van der Waals surface area contributed by atoms with Gasteiger partial charge in [-0.3, -0.25) is 4.79 Å². The molecule has 0 unspecified atom stereocenters. The zero-order valence-electron chi connectivity index (χ0n) is 15.3. The highest BCUT2D eigenvalue weighted by Gasteiger charge is 2.19. The summed E-state index contributed by atoms with van der Waals surface area (Å²) in [5.41, 5.74) is 1.61. The SMILES string of the molecule is CC(C)Oc1ccc(CNC(=O)c2cccnc2N2CCOCC2)cc1. The van der Waals surface area contributed by atoms with Gasteiger partial charge in [0.2, 0.25) is 0 Å². The fourth-order valence-corrected chi connectivity index (χ4v) is 2.84. The highest BCUT2D eigenvalue weighted by molar-refractivity contribution is 5.98. The van der Waals surface area contributed by atoms with Gasteiger partial charge in [-0.1, -0.05) is 12.1 Å². The van der Waals surface area contributed by atoms with Crippen LogP contribution in [0.5, 0.6) is 5.75 Å². The van der Waals surface area contributed by atoms with Gasteiger partial charge in [0, 0.05) is 25.8 Å². The maximum absolute atomic E-state index is 12.7. The predicted octanol–water partition coefficient (Wildman–Crippen LogP) is 2.64. The molecule has 1 N–H and O–H groups in total. The summed E-state index contributed by atoms with van der Waals surface area (Å²) in [4.78, 5) is 19.2. The Morgan fingerprint density at radius 2 is 1.96 bits per heavy atom. The number of nitrogens with zero attached hydrogens (tertiary/aromatic N) is 2. The van der Waals surface area contributed by atoms with Gasteiger partial charge in [0.15, 0.2) is 0 Å². The molecule has 0 atom stereocenters. The fourth-order valence-electron chi connectivity index (χ4n) is 2.84. The highest BCUT2D eigenvalue weighted by Crippen LogP contribution is 2.19. The summed E-state index contributed by atoms with van der Waals surface area (Å²) in [6.07, 6.45) is 1.86. The van der Waals surface area contributed by atoms with Crippen LogP contribution in [-0.4, -0.2) is 43.3 Å². The molecule has 1 aromatic carbocycles. The Kier molecular flexibility index (Phi) is 6.07. The minimum Gasteiger partial charge on any atom is -0.491 e. The molecule has 1 aromatic heterocycles. The second-order valence-electron chi connectivity index (χ2n) is 6.47. The predicted molar refractivity (Wildman–Crippen MR) is 101 cm³/mol. The highest BCUT2D eigenvalue weighted by atomic mass is 16.5. The number of anilines is 1. The molecular weight excluding hydrogens is 330 g/mol. The molecule has 0 spiro atoms. The lowest BCUT2D eigenvalue weighted by Crippen LogP contribution is -2.38. The number of hydrogen-bond donors (Lipinski definition) is 1. The number of aromatic nitrogens is 1. The van der Waals surface area contributed by atoms with Crippen molar-refractivity contribution in [3.8, 4) is 5.75 Å². The number of benzene rings is 1. The first-order valence-electron chi connectivity index (χ1n) is 8.95. The third-order valence-corrected chi connectivity index (χ3v) is 4.09. The monoisotopic (exact) mass is 355 g/mol.